The van der Waals surface area contributed by atoms with Crippen molar-refractivity contribution >= 4 is 43.7 Å². The van der Waals surface area contributed by atoms with Crippen molar-refractivity contribution in [3.05, 3.63) is 22.0 Å². The summed E-state index contributed by atoms with van der Waals surface area (Å²) < 4.78 is 27.2. The molecule has 1 amide bonds. The van der Waals surface area contributed by atoms with Crippen molar-refractivity contribution in [2.24, 2.45) is 0 Å². The van der Waals surface area contributed by atoms with Gasteiger partial charge >= 0.3 is 0 Å². The molecule has 0 spiro atoms. The van der Waals surface area contributed by atoms with Gasteiger partial charge in [0.15, 0.2) is 0 Å². The van der Waals surface area contributed by atoms with E-state index < -0.39 is 10.0 Å². The zero-order valence-corrected chi connectivity index (χ0v) is 16.6. The summed E-state index contributed by atoms with van der Waals surface area (Å²) in [5.41, 5.74) is 0. The fourth-order valence-electron chi connectivity index (χ4n) is 2.93. The van der Waals surface area contributed by atoms with E-state index in [1.807, 2.05) is 0 Å². The predicted molar refractivity (Wildman–Crippen MR) is 101 cm³/mol. The summed E-state index contributed by atoms with van der Waals surface area (Å²) >= 11 is 2.59. The molecule has 3 heterocycles. The van der Waals surface area contributed by atoms with E-state index in [2.05, 4.69) is 15.5 Å². The summed E-state index contributed by atoms with van der Waals surface area (Å²) in [7, 11) is -3.44. The number of anilines is 1. The van der Waals surface area contributed by atoms with Gasteiger partial charge in [0.25, 0.3) is 10.0 Å². The quantitative estimate of drug-likeness (QED) is 0.788. The van der Waals surface area contributed by atoms with Crippen LogP contribution in [0.4, 0.5) is 5.13 Å². The summed E-state index contributed by atoms with van der Waals surface area (Å²) in [6.07, 6.45) is 5.32. The highest BCUT2D eigenvalue weighted by atomic mass is 32.2. The van der Waals surface area contributed by atoms with Gasteiger partial charge in [0.05, 0.1) is 6.42 Å². The van der Waals surface area contributed by atoms with Gasteiger partial charge in [0.2, 0.25) is 11.0 Å². The maximum Gasteiger partial charge on any atom is 0.252 e. The van der Waals surface area contributed by atoms with E-state index >= 15 is 0 Å². The van der Waals surface area contributed by atoms with Crippen LogP contribution in [-0.4, -0.2) is 41.9 Å². The molecule has 0 radical (unpaired) electrons. The number of carbonyl (C=O) groups is 1. The number of piperidine rings is 1. The molecule has 140 valence electrons. The highest BCUT2D eigenvalue weighted by Crippen LogP contribution is 2.42. The van der Waals surface area contributed by atoms with E-state index in [-0.39, 0.29) is 12.3 Å². The molecular formula is C16H20N4O3S3. The van der Waals surface area contributed by atoms with Crippen LogP contribution in [0.5, 0.6) is 0 Å². The summed E-state index contributed by atoms with van der Waals surface area (Å²) in [4.78, 5) is 12.9. The van der Waals surface area contributed by atoms with E-state index in [1.165, 1.54) is 22.7 Å². The third-order valence-corrected chi connectivity index (χ3v) is 8.95. The molecular weight excluding hydrogens is 392 g/mol. The van der Waals surface area contributed by atoms with Crippen molar-refractivity contribution in [3.8, 4) is 0 Å². The van der Waals surface area contributed by atoms with Crippen molar-refractivity contribution in [2.75, 3.05) is 18.4 Å². The number of rotatable bonds is 6. The van der Waals surface area contributed by atoms with Crippen molar-refractivity contribution in [2.45, 2.75) is 48.7 Å². The molecule has 4 rings (SSSR count). The first-order valence-corrected chi connectivity index (χ1v) is 11.8. The van der Waals surface area contributed by atoms with Crippen molar-refractivity contribution < 1.29 is 13.2 Å². The van der Waals surface area contributed by atoms with E-state index in [1.54, 1.807) is 16.4 Å². The minimum Gasteiger partial charge on any atom is -0.300 e. The molecule has 1 aliphatic carbocycles. The number of hydrogen-bond acceptors (Lipinski definition) is 7. The molecule has 1 saturated heterocycles. The van der Waals surface area contributed by atoms with Gasteiger partial charge in [-0.3, -0.25) is 4.79 Å². The van der Waals surface area contributed by atoms with Crippen LogP contribution in [-0.2, 0) is 21.2 Å². The predicted octanol–water partition coefficient (Wildman–Crippen LogP) is 2.83. The minimum absolute atomic E-state index is 0.137. The number of sulfonamides is 1. The van der Waals surface area contributed by atoms with Gasteiger partial charge in [-0.05, 0) is 37.8 Å². The Balaban J connectivity index is 1.38. The van der Waals surface area contributed by atoms with Gasteiger partial charge in [-0.1, -0.05) is 17.8 Å². The number of nitrogens with zero attached hydrogens (tertiary/aromatic N) is 3. The van der Waals surface area contributed by atoms with Crippen LogP contribution in [0.1, 0.15) is 47.9 Å². The lowest BCUT2D eigenvalue weighted by Crippen LogP contribution is -2.35. The molecule has 1 saturated carbocycles. The molecule has 1 aliphatic heterocycles. The average Bonchev–Trinajstić information content (AvgIpc) is 3.19. The van der Waals surface area contributed by atoms with Gasteiger partial charge in [0.1, 0.15) is 9.22 Å². The Kier molecular flexibility index (Phi) is 5.09. The lowest BCUT2D eigenvalue weighted by atomic mass is 10.2. The molecule has 2 fully saturated rings. The number of carbonyl (C=O) groups excluding carboxylic acids is 1. The summed E-state index contributed by atoms with van der Waals surface area (Å²) in [6.45, 7) is 1.16. The molecule has 7 nitrogen and oxygen atoms in total. The zero-order valence-electron chi connectivity index (χ0n) is 14.2. The van der Waals surface area contributed by atoms with Crippen molar-refractivity contribution in [1.29, 1.82) is 0 Å². The van der Waals surface area contributed by atoms with E-state index in [0.29, 0.717) is 28.3 Å². The van der Waals surface area contributed by atoms with Crippen LogP contribution in [0.15, 0.2) is 16.3 Å². The second-order valence-electron chi connectivity index (χ2n) is 6.63. The van der Waals surface area contributed by atoms with Gasteiger partial charge in [-0.25, -0.2) is 8.42 Å². The van der Waals surface area contributed by atoms with Crippen molar-refractivity contribution in [1.82, 2.24) is 14.5 Å². The summed E-state index contributed by atoms with van der Waals surface area (Å²) in [5.74, 6) is 0.310. The Morgan fingerprint density at radius 1 is 1.15 bits per heavy atom. The first-order chi connectivity index (χ1) is 12.5. The Bertz CT molecular complexity index is 895. The molecule has 26 heavy (non-hydrogen) atoms. The second-order valence-corrected chi connectivity index (χ2v) is 11.0. The molecule has 2 aliphatic rings. The highest BCUT2D eigenvalue weighted by molar-refractivity contribution is 7.91. The molecule has 2 aromatic rings. The SMILES string of the molecule is O=C(Cc1ccc(S(=O)(=O)N2CCCCC2)s1)Nc1nnc(C2CC2)s1. The normalized spacial score (nSPS) is 18.8. The van der Waals surface area contributed by atoms with Crippen LogP contribution in [0.3, 0.4) is 0 Å². The lowest BCUT2D eigenvalue weighted by Gasteiger charge is -2.25. The number of nitrogens with one attached hydrogen (secondary N) is 1. The van der Waals surface area contributed by atoms with Gasteiger partial charge < -0.3 is 5.32 Å². The lowest BCUT2D eigenvalue weighted by molar-refractivity contribution is -0.115. The fourth-order valence-corrected chi connectivity index (χ4v) is 6.88. The first-order valence-electron chi connectivity index (χ1n) is 8.74. The second kappa shape index (κ2) is 7.34. The van der Waals surface area contributed by atoms with Crippen LogP contribution < -0.4 is 5.32 Å². The monoisotopic (exact) mass is 412 g/mol. The Labute approximate surface area is 160 Å². The highest BCUT2D eigenvalue weighted by Gasteiger charge is 2.29. The average molecular weight is 413 g/mol. The summed E-state index contributed by atoms with van der Waals surface area (Å²) in [5, 5.41) is 12.3. The minimum atomic E-state index is -3.44. The van der Waals surface area contributed by atoms with Gasteiger partial charge in [-0.15, -0.1) is 21.5 Å². The molecule has 0 atom stereocenters. The van der Waals surface area contributed by atoms with Crippen LogP contribution in [0.2, 0.25) is 0 Å². The van der Waals surface area contributed by atoms with Crippen LogP contribution >= 0.6 is 22.7 Å². The molecule has 1 N–H and O–H groups in total. The van der Waals surface area contributed by atoms with E-state index in [4.69, 9.17) is 0 Å². The van der Waals surface area contributed by atoms with Crippen LogP contribution in [0, 0.1) is 0 Å². The molecule has 10 heteroatoms. The Hall–Kier alpha value is -1.36. The Morgan fingerprint density at radius 3 is 2.65 bits per heavy atom. The number of hydrogen-bond donors (Lipinski definition) is 1. The van der Waals surface area contributed by atoms with Crippen LogP contribution in [0.25, 0.3) is 0 Å². The smallest absolute Gasteiger partial charge is 0.252 e. The largest absolute Gasteiger partial charge is 0.300 e. The molecule has 0 bridgehead atoms. The zero-order chi connectivity index (χ0) is 18.1. The topological polar surface area (TPSA) is 92.3 Å². The standard InChI is InChI=1S/C16H20N4O3S3/c21-13(17-16-19-18-15(25-16)11-4-5-11)10-12-6-7-14(24-12)26(22,23)20-8-2-1-3-9-20/h6-7,11H,1-5,8-10H2,(H,17,19,21). The third-order valence-electron chi connectivity index (χ3n) is 4.49. The summed E-state index contributed by atoms with van der Waals surface area (Å²) in [6, 6.07) is 3.32. The number of aromatic nitrogens is 2. The maximum atomic E-state index is 12.7. The number of thiophene rings is 1. The van der Waals surface area contributed by atoms with Gasteiger partial charge in [0, 0.05) is 23.9 Å². The van der Waals surface area contributed by atoms with E-state index in [0.717, 1.165) is 42.0 Å². The fraction of sp³-hybridized carbons (Fsp3) is 0.562. The number of amides is 1. The van der Waals surface area contributed by atoms with E-state index in [9.17, 15) is 13.2 Å². The molecule has 0 unspecified atom stereocenters. The van der Waals surface area contributed by atoms with Gasteiger partial charge in [-0.2, -0.15) is 4.31 Å². The molecule has 0 aromatic carbocycles. The third kappa shape index (κ3) is 3.98. The first kappa shape index (κ1) is 18.0. The molecule has 2 aromatic heterocycles. The maximum absolute atomic E-state index is 12.7. The van der Waals surface area contributed by atoms with Crippen molar-refractivity contribution in [3.63, 3.8) is 0 Å². The Morgan fingerprint density at radius 2 is 1.92 bits per heavy atom.